The first kappa shape index (κ1) is 14.9. The quantitative estimate of drug-likeness (QED) is 0.715. The summed E-state index contributed by atoms with van der Waals surface area (Å²) in [4.78, 5) is 5.22. The summed E-state index contributed by atoms with van der Waals surface area (Å²) in [5, 5.41) is 3.39. The molecule has 1 N–H and O–H groups in total. The minimum Gasteiger partial charge on any atom is -0.317 e. The van der Waals surface area contributed by atoms with Gasteiger partial charge in [-0.1, -0.05) is 6.92 Å². The molecule has 1 fully saturated rings. The summed E-state index contributed by atoms with van der Waals surface area (Å²) in [6.07, 6.45) is 2.65. The lowest BCUT2D eigenvalue weighted by atomic mass is 10.0. The van der Waals surface area contributed by atoms with E-state index < -0.39 is 0 Å². The van der Waals surface area contributed by atoms with Crippen molar-refractivity contribution < 1.29 is 0 Å². The highest BCUT2D eigenvalue weighted by Gasteiger charge is 2.25. The van der Waals surface area contributed by atoms with E-state index in [9.17, 15) is 0 Å². The van der Waals surface area contributed by atoms with Gasteiger partial charge in [0.2, 0.25) is 0 Å². The van der Waals surface area contributed by atoms with E-state index in [1.807, 2.05) is 0 Å². The molecule has 1 heterocycles. The number of rotatable bonds is 6. The van der Waals surface area contributed by atoms with Crippen molar-refractivity contribution in [1.82, 2.24) is 15.1 Å². The van der Waals surface area contributed by atoms with E-state index in [4.69, 9.17) is 0 Å². The lowest BCUT2D eigenvalue weighted by molar-refractivity contribution is 0.0617. The zero-order valence-corrected chi connectivity index (χ0v) is 12.3. The number of unbranched alkanes of at least 4 members (excludes halogenated alkanes) is 1. The molecular formula is C14H31N3. The second-order valence-corrected chi connectivity index (χ2v) is 6.06. The average molecular weight is 241 g/mol. The summed E-state index contributed by atoms with van der Waals surface area (Å²) in [5.74, 6) is 0. The molecule has 0 aliphatic carbocycles. The summed E-state index contributed by atoms with van der Waals surface area (Å²) in [7, 11) is 0. The van der Waals surface area contributed by atoms with E-state index in [1.54, 1.807) is 0 Å². The van der Waals surface area contributed by atoms with Crippen molar-refractivity contribution in [3.63, 3.8) is 0 Å². The monoisotopic (exact) mass is 241 g/mol. The number of nitrogens with zero attached hydrogens (tertiary/aromatic N) is 2. The van der Waals surface area contributed by atoms with Crippen molar-refractivity contribution in [3.8, 4) is 0 Å². The van der Waals surface area contributed by atoms with Crippen molar-refractivity contribution in [2.24, 2.45) is 0 Å². The third kappa shape index (κ3) is 5.84. The van der Waals surface area contributed by atoms with E-state index in [1.165, 1.54) is 52.1 Å². The molecule has 3 heteroatoms. The number of nitrogens with one attached hydrogen (secondary N) is 1. The summed E-state index contributed by atoms with van der Waals surface area (Å²) >= 11 is 0. The summed E-state index contributed by atoms with van der Waals surface area (Å²) < 4.78 is 0. The Morgan fingerprint density at radius 3 is 2.18 bits per heavy atom. The van der Waals surface area contributed by atoms with E-state index in [2.05, 4.69) is 42.8 Å². The Kier molecular flexibility index (Phi) is 6.45. The Morgan fingerprint density at radius 2 is 1.65 bits per heavy atom. The highest BCUT2D eigenvalue weighted by atomic mass is 15.3. The van der Waals surface area contributed by atoms with Crippen LogP contribution in [0, 0.1) is 0 Å². The maximum absolute atomic E-state index is 3.39. The average Bonchev–Trinajstić information content (AvgIpc) is 2.28. The third-order valence-corrected chi connectivity index (χ3v) is 3.65. The van der Waals surface area contributed by atoms with Gasteiger partial charge in [-0.3, -0.25) is 4.90 Å². The fourth-order valence-electron chi connectivity index (χ4n) is 2.40. The normalized spacial score (nSPS) is 19.8. The number of hydrogen-bond donors (Lipinski definition) is 1. The lowest BCUT2D eigenvalue weighted by Crippen LogP contribution is -2.53. The SMILES string of the molecule is CCNCCCCN1CCN(C(C)(C)C)CC1. The van der Waals surface area contributed by atoms with E-state index in [0.717, 1.165) is 6.54 Å². The molecule has 1 saturated heterocycles. The van der Waals surface area contributed by atoms with E-state index in [-0.39, 0.29) is 0 Å². The first-order valence-corrected chi connectivity index (χ1v) is 7.22. The summed E-state index contributed by atoms with van der Waals surface area (Å²) in [6, 6.07) is 0. The maximum atomic E-state index is 3.39. The molecule has 1 rings (SSSR count). The lowest BCUT2D eigenvalue weighted by Gasteiger charge is -2.42. The molecule has 0 amide bonds. The molecule has 102 valence electrons. The van der Waals surface area contributed by atoms with Crippen LogP contribution < -0.4 is 5.32 Å². The van der Waals surface area contributed by atoms with Gasteiger partial charge in [-0.2, -0.15) is 0 Å². The maximum Gasteiger partial charge on any atom is 0.0126 e. The second-order valence-electron chi connectivity index (χ2n) is 6.06. The molecular weight excluding hydrogens is 210 g/mol. The smallest absolute Gasteiger partial charge is 0.0126 e. The van der Waals surface area contributed by atoms with Gasteiger partial charge in [0, 0.05) is 31.7 Å². The summed E-state index contributed by atoms with van der Waals surface area (Å²) in [6.45, 7) is 17.7. The van der Waals surface area contributed by atoms with Crippen LogP contribution in [0.1, 0.15) is 40.5 Å². The van der Waals surface area contributed by atoms with Crippen LogP contribution in [0.2, 0.25) is 0 Å². The van der Waals surface area contributed by atoms with Gasteiger partial charge >= 0.3 is 0 Å². The molecule has 1 aliphatic rings. The standard InChI is InChI=1S/C14H31N3/c1-5-15-8-6-7-9-16-10-12-17(13-11-16)14(2,3)4/h15H,5-13H2,1-4H3. The first-order valence-electron chi connectivity index (χ1n) is 7.22. The van der Waals surface area contributed by atoms with Crippen LogP contribution in [0.3, 0.4) is 0 Å². The molecule has 0 saturated carbocycles. The highest BCUT2D eigenvalue weighted by molar-refractivity contribution is 4.81. The fraction of sp³-hybridized carbons (Fsp3) is 1.00. The Hall–Kier alpha value is -0.120. The van der Waals surface area contributed by atoms with Crippen molar-refractivity contribution in [1.29, 1.82) is 0 Å². The van der Waals surface area contributed by atoms with Crippen LogP contribution in [0.4, 0.5) is 0 Å². The second kappa shape index (κ2) is 7.34. The van der Waals surface area contributed by atoms with Gasteiger partial charge in [-0.15, -0.1) is 0 Å². The topological polar surface area (TPSA) is 18.5 Å². The predicted octanol–water partition coefficient (Wildman–Crippen LogP) is 1.79. The van der Waals surface area contributed by atoms with Gasteiger partial charge in [-0.25, -0.2) is 0 Å². The van der Waals surface area contributed by atoms with Crippen LogP contribution in [-0.2, 0) is 0 Å². The number of piperazine rings is 1. The Labute approximate surface area is 108 Å². The molecule has 0 spiro atoms. The van der Waals surface area contributed by atoms with Gasteiger partial charge in [0.25, 0.3) is 0 Å². The van der Waals surface area contributed by atoms with E-state index in [0.29, 0.717) is 5.54 Å². The first-order chi connectivity index (χ1) is 8.04. The fourth-order valence-corrected chi connectivity index (χ4v) is 2.40. The van der Waals surface area contributed by atoms with Gasteiger partial charge in [0.05, 0.1) is 0 Å². The van der Waals surface area contributed by atoms with Gasteiger partial charge in [-0.05, 0) is 53.2 Å². The molecule has 17 heavy (non-hydrogen) atoms. The van der Waals surface area contributed by atoms with Crippen molar-refractivity contribution >= 4 is 0 Å². The zero-order valence-electron chi connectivity index (χ0n) is 12.3. The van der Waals surface area contributed by atoms with Gasteiger partial charge in [0.1, 0.15) is 0 Å². The van der Waals surface area contributed by atoms with E-state index >= 15 is 0 Å². The third-order valence-electron chi connectivity index (χ3n) is 3.65. The predicted molar refractivity (Wildman–Crippen MR) is 75.5 cm³/mol. The van der Waals surface area contributed by atoms with Gasteiger partial charge in [0.15, 0.2) is 0 Å². The molecule has 3 nitrogen and oxygen atoms in total. The highest BCUT2D eigenvalue weighted by Crippen LogP contribution is 2.15. The van der Waals surface area contributed by atoms with Crippen LogP contribution in [0.5, 0.6) is 0 Å². The minimum absolute atomic E-state index is 0.344. The van der Waals surface area contributed by atoms with Crippen molar-refractivity contribution in [2.75, 3.05) is 45.8 Å². The van der Waals surface area contributed by atoms with Crippen LogP contribution in [0.25, 0.3) is 0 Å². The van der Waals surface area contributed by atoms with Crippen molar-refractivity contribution in [2.45, 2.75) is 46.1 Å². The molecule has 0 aromatic heterocycles. The zero-order chi connectivity index (χ0) is 12.7. The van der Waals surface area contributed by atoms with Crippen LogP contribution >= 0.6 is 0 Å². The largest absolute Gasteiger partial charge is 0.317 e. The minimum atomic E-state index is 0.344. The molecule has 0 aromatic carbocycles. The summed E-state index contributed by atoms with van der Waals surface area (Å²) in [5.41, 5.74) is 0.344. The molecule has 0 aromatic rings. The molecule has 0 radical (unpaired) electrons. The Morgan fingerprint density at radius 1 is 1.00 bits per heavy atom. The molecule has 0 unspecified atom stereocenters. The molecule has 1 aliphatic heterocycles. The Balaban J connectivity index is 2.07. The van der Waals surface area contributed by atoms with Crippen molar-refractivity contribution in [3.05, 3.63) is 0 Å². The van der Waals surface area contributed by atoms with Crippen LogP contribution in [-0.4, -0.2) is 61.2 Å². The van der Waals surface area contributed by atoms with Gasteiger partial charge < -0.3 is 10.2 Å². The molecule has 0 bridgehead atoms. The van der Waals surface area contributed by atoms with Crippen LogP contribution in [0.15, 0.2) is 0 Å². The number of hydrogen-bond acceptors (Lipinski definition) is 3. The Bertz CT molecular complexity index is 190. The molecule has 0 atom stereocenters.